The van der Waals surface area contributed by atoms with Crippen molar-refractivity contribution in [2.45, 2.75) is 52.3 Å². The first-order valence-corrected chi connectivity index (χ1v) is 8.56. The number of ether oxygens (including phenoxy) is 1. The van der Waals surface area contributed by atoms with Crippen LogP contribution in [0.5, 0.6) is 0 Å². The van der Waals surface area contributed by atoms with Crippen molar-refractivity contribution >= 4 is 5.96 Å². The summed E-state index contributed by atoms with van der Waals surface area (Å²) < 4.78 is 19.7. The number of hydrogen-bond donors (Lipinski definition) is 2. The molecule has 5 nitrogen and oxygen atoms in total. The van der Waals surface area contributed by atoms with Crippen LogP contribution in [0.25, 0.3) is 0 Å². The van der Waals surface area contributed by atoms with Gasteiger partial charge in [-0.15, -0.1) is 0 Å². The van der Waals surface area contributed by atoms with Crippen LogP contribution in [0.1, 0.15) is 45.2 Å². The molecule has 0 aromatic heterocycles. The van der Waals surface area contributed by atoms with Gasteiger partial charge in [0.25, 0.3) is 0 Å². The summed E-state index contributed by atoms with van der Waals surface area (Å²) in [5.41, 5.74) is 0.565. The molecule has 0 bridgehead atoms. The van der Waals surface area contributed by atoms with E-state index in [1.165, 1.54) is 6.07 Å². The second kappa shape index (κ2) is 7.40. The number of nitrogens with zero attached hydrogens (tertiary/aromatic N) is 2. The van der Waals surface area contributed by atoms with Crippen molar-refractivity contribution in [1.29, 1.82) is 5.26 Å². The molecule has 1 aromatic rings. The average molecular weight is 346 g/mol. The molecule has 2 unspecified atom stereocenters. The maximum Gasteiger partial charge on any atom is 0.191 e. The summed E-state index contributed by atoms with van der Waals surface area (Å²) in [5, 5.41) is 15.4. The lowest BCUT2D eigenvalue weighted by molar-refractivity contribution is -0.176. The smallest absolute Gasteiger partial charge is 0.191 e. The summed E-state index contributed by atoms with van der Waals surface area (Å²) in [7, 11) is 1.74. The molecular formula is C19H27FN4O. The second-order valence-electron chi connectivity index (χ2n) is 7.17. The first-order chi connectivity index (χ1) is 11.8. The van der Waals surface area contributed by atoms with Crippen molar-refractivity contribution < 1.29 is 9.13 Å². The van der Waals surface area contributed by atoms with Gasteiger partial charge in [-0.25, -0.2) is 9.38 Å². The lowest BCUT2D eigenvalue weighted by Crippen LogP contribution is -2.69. The van der Waals surface area contributed by atoms with Gasteiger partial charge in [0.05, 0.1) is 23.8 Å². The van der Waals surface area contributed by atoms with E-state index in [0.717, 1.165) is 13.0 Å². The Labute approximate surface area is 149 Å². The third-order valence-corrected chi connectivity index (χ3v) is 5.52. The second-order valence-corrected chi connectivity index (χ2v) is 7.17. The zero-order valence-corrected chi connectivity index (χ0v) is 15.6. The molecule has 1 fully saturated rings. The van der Waals surface area contributed by atoms with Gasteiger partial charge in [0.15, 0.2) is 5.96 Å². The molecule has 0 radical (unpaired) electrons. The third kappa shape index (κ3) is 3.77. The van der Waals surface area contributed by atoms with Crippen molar-refractivity contribution in [3.8, 4) is 6.07 Å². The Hall–Kier alpha value is -2.13. The van der Waals surface area contributed by atoms with Crippen LogP contribution in [0.15, 0.2) is 23.2 Å². The van der Waals surface area contributed by atoms with Crippen LogP contribution < -0.4 is 10.6 Å². The average Bonchev–Trinajstić information content (AvgIpc) is 2.59. The maximum absolute atomic E-state index is 14.0. The van der Waals surface area contributed by atoms with Crippen LogP contribution in [0.4, 0.5) is 4.39 Å². The van der Waals surface area contributed by atoms with E-state index in [9.17, 15) is 4.39 Å². The molecule has 2 atom stereocenters. The minimum atomic E-state index is -0.408. The lowest BCUT2D eigenvalue weighted by Gasteiger charge is -2.59. The summed E-state index contributed by atoms with van der Waals surface area (Å²) in [6, 6.07) is 6.61. The number of hydrogen-bond acceptors (Lipinski definition) is 3. The molecule has 1 saturated carbocycles. The molecule has 1 aliphatic carbocycles. The third-order valence-electron chi connectivity index (χ3n) is 5.52. The molecule has 0 saturated heterocycles. The number of methoxy groups -OCH3 is 1. The van der Waals surface area contributed by atoms with Crippen LogP contribution >= 0.6 is 0 Å². The van der Waals surface area contributed by atoms with Crippen molar-refractivity contribution in [2.75, 3.05) is 13.7 Å². The van der Waals surface area contributed by atoms with Gasteiger partial charge < -0.3 is 15.4 Å². The number of aliphatic imine (C=N–C) groups is 1. The minimum absolute atomic E-state index is 0.0440. The molecule has 136 valence electrons. The molecule has 0 spiro atoms. The standard InChI is InChI=1S/C19H27FN4O/c1-6-22-17(24-16-10-19(4,25-5)18(16,2)3)23-12-14-8-7-13(11-21)9-15(14)20/h7-9,16H,6,10,12H2,1-5H3,(H2,22,23,24). The Kier molecular flexibility index (Phi) is 5.69. The number of rotatable bonds is 5. The number of benzene rings is 1. The Morgan fingerprint density at radius 3 is 2.68 bits per heavy atom. The van der Waals surface area contributed by atoms with Gasteiger partial charge in [-0.2, -0.15) is 5.26 Å². The molecule has 0 aliphatic heterocycles. The Bertz CT molecular complexity index is 695. The fraction of sp³-hybridized carbons (Fsp3) is 0.579. The summed E-state index contributed by atoms with van der Waals surface area (Å²) in [6.07, 6.45) is 0.881. The van der Waals surface area contributed by atoms with Gasteiger partial charge in [0.2, 0.25) is 0 Å². The fourth-order valence-corrected chi connectivity index (χ4v) is 3.12. The maximum atomic E-state index is 14.0. The van der Waals surface area contributed by atoms with E-state index < -0.39 is 5.82 Å². The molecule has 1 aliphatic rings. The van der Waals surface area contributed by atoms with E-state index in [1.807, 2.05) is 13.0 Å². The van der Waals surface area contributed by atoms with Gasteiger partial charge in [0, 0.05) is 30.7 Å². The Morgan fingerprint density at radius 2 is 2.16 bits per heavy atom. The summed E-state index contributed by atoms with van der Waals surface area (Å²) >= 11 is 0. The van der Waals surface area contributed by atoms with Crippen LogP contribution in [0, 0.1) is 22.6 Å². The summed E-state index contributed by atoms with van der Waals surface area (Å²) in [4.78, 5) is 4.49. The van der Waals surface area contributed by atoms with Crippen LogP contribution in [0.2, 0.25) is 0 Å². The van der Waals surface area contributed by atoms with Gasteiger partial charge in [-0.3, -0.25) is 0 Å². The molecule has 2 N–H and O–H groups in total. The van der Waals surface area contributed by atoms with Gasteiger partial charge >= 0.3 is 0 Å². The molecule has 2 rings (SSSR count). The predicted molar refractivity (Wildman–Crippen MR) is 96.7 cm³/mol. The van der Waals surface area contributed by atoms with Gasteiger partial charge in [0.1, 0.15) is 5.82 Å². The van der Waals surface area contributed by atoms with Crippen molar-refractivity contribution in [3.05, 3.63) is 35.1 Å². The molecule has 0 amide bonds. The molecule has 25 heavy (non-hydrogen) atoms. The first kappa shape index (κ1) is 19.2. The quantitative estimate of drug-likeness (QED) is 0.635. The van der Waals surface area contributed by atoms with Crippen LogP contribution in [0.3, 0.4) is 0 Å². The van der Waals surface area contributed by atoms with E-state index in [2.05, 4.69) is 36.4 Å². The number of nitrogens with one attached hydrogen (secondary N) is 2. The highest BCUT2D eigenvalue weighted by atomic mass is 19.1. The van der Waals surface area contributed by atoms with Gasteiger partial charge in [-0.05, 0) is 32.4 Å². The van der Waals surface area contributed by atoms with Gasteiger partial charge in [-0.1, -0.05) is 19.9 Å². The van der Waals surface area contributed by atoms with Crippen molar-refractivity contribution in [3.63, 3.8) is 0 Å². The van der Waals surface area contributed by atoms with E-state index in [1.54, 1.807) is 19.2 Å². The Balaban J connectivity index is 2.09. The Morgan fingerprint density at radius 1 is 1.44 bits per heavy atom. The van der Waals surface area contributed by atoms with Crippen molar-refractivity contribution in [2.24, 2.45) is 10.4 Å². The summed E-state index contributed by atoms with van der Waals surface area (Å²) in [6.45, 7) is 9.37. The highest BCUT2D eigenvalue weighted by Gasteiger charge is 2.58. The zero-order chi connectivity index (χ0) is 18.7. The topological polar surface area (TPSA) is 69.4 Å². The van der Waals surface area contributed by atoms with Crippen LogP contribution in [-0.4, -0.2) is 31.3 Å². The molecular weight excluding hydrogens is 319 g/mol. The number of guanidine groups is 1. The molecule has 1 aromatic carbocycles. The SMILES string of the molecule is CCNC(=NCc1ccc(C#N)cc1F)NC1CC(C)(OC)C1(C)C. The normalized spacial score (nSPS) is 25.0. The highest BCUT2D eigenvalue weighted by Crippen LogP contribution is 2.51. The monoisotopic (exact) mass is 346 g/mol. The fourth-order valence-electron chi connectivity index (χ4n) is 3.12. The molecule has 6 heteroatoms. The largest absolute Gasteiger partial charge is 0.378 e. The predicted octanol–water partition coefficient (Wildman–Crippen LogP) is 2.96. The van der Waals surface area contributed by atoms with Crippen molar-refractivity contribution in [1.82, 2.24) is 10.6 Å². The highest BCUT2D eigenvalue weighted by molar-refractivity contribution is 5.80. The van der Waals surface area contributed by atoms with E-state index >= 15 is 0 Å². The van der Waals surface area contributed by atoms with E-state index in [4.69, 9.17) is 10.00 Å². The lowest BCUT2D eigenvalue weighted by atomic mass is 9.56. The van der Waals surface area contributed by atoms with E-state index in [-0.39, 0.29) is 23.6 Å². The minimum Gasteiger partial charge on any atom is -0.378 e. The van der Waals surface area contributed by atoms with E-state index in [0.29, 0.717) is 17.1 Å². The molecule has 0 heterocycles. The first-order valence-electron chi connectivity index (χ1n) is 8.56. The van der Waals surface area contributed by atoms with Crippen LogP contribution in [-0.2, 0) is 11.3 Å². The zero-order valence-electron chi connectivity index (χ0n) is 15.6. The number of nitriles is 1. The summed E-state index contributed by atoms with van der Waals surface area (Å²) in [5.74, 6) is 0.247. The number of halogens is 1.